The van der Waals surface area contributed by atoms with Crippen LogP contribution in [0.2, 0.25) is 0 Å². The highest BCUT2D eigenvalue weighted by Gasteiger charge is 2.35. The average molecular weight is 368 g/mol. The lowest BCUT2D eigenvalue weighted by molar-refractivity contribution is -0.155. The Kier molecular flexibility index (Phi) is 6.96. The van der Waals surface area contributed by atoms with E-state index in [0.29, 0.717) is 24.4 Å². The third kappa shape index (κ3) is 5.54. The Bertz CT molecular complexity index is 621. The van der Waals surface area contributed by atoms with Crippen molar-refractivity contribution in [3.8, 4) is 0 Å². The lowest BCUT2D eigenvalue weighted by Gasteiger charge is -2.17. The van der Waals surface area contributed by atoms with Gasteiger partial charge in [-0.15, -0.1) is 0 Å². The first-order chi connectivity index (χ1) is 11.9. The van der Waals surface area contributed by atoms with Crippen LogP contribution in [0, 0.1) is 11.8 Å². The zero-order valence-electron chi connectivity index (χ0n) is 14.3. The van der Waals surface area contributed by atoms with E-state index in [9.17, 15) is 14.4 Å². The molecule has 0 N–H and O–H groups in total. The molecule has 6 nitrogen and oxygen atoms in total. The molecule has 0 aromatic heterocycles. The van der Waals surface area contributed by atoms with Gasteiger partial charge in [-0.2, -0.15) is 0 Å². The van der Waals surface area contributed by atoms with E-state index in [1.54, 1.807) is 37.3 Å². The Balaban J connectivity index is 1.73. The van der Waals surface area contributed by atoms with Gasteiger partial charge in [0.25, 0.3) is 0 Å². The van der Waals surface area contributed by atoms with Crippen LogP contribution in [0.1, 0.15) is 30.6 Å². The third-order valence-corrected chi connectivity index (χ3v) is 4.41. The Labute approximate surface area is 152 Å². The highest BCUT2D eigenvalue weighted by molar-refractivity contribution is 6.15. The van der Waals surface area contributed by atoms with Crippen molar-refractivity contribution in [2.75, 3.05) is 19.8 Å². The molecular weight excluding hydrogens is 346 g/mol. The van der Waals surface area contributed by atoms with E-state index in [4.69, 9.17) is 21.3 Å². The fraction of sp³-hybridized carbons (Fsp3) is 0.500. The van der Waals surface area contributed by atoms with Gasteiger partial charge < -0.3 is 9.47 Å². The summed E-state index contributed by atoms with van der Waals surface area (Å²) < 4.78 is 11.6. The molecule has 136 valence electrons. The zero-order chi connectivity index (χ0) is 18.4. The van der Waals surface area contributed by atoms with Crippen LogP contribution in [0.3, 0.4) is 0 Å². The van der Waals surface area contributed by atoms with Crippen LogP contribution in [-0.4, -0.2) is 47.9 Å². The minimum Gasteiger partial charge on any atom is -0.464 e. The van der Waals surface area contributed by atoms with Crippen LogP contribution in [0.15, 0.2) is 30.3 Å². The summed E-state index contributed by atoms with van der Waals surface area (Å²) in [6.07, 6.45) is 0.632. The van der Waals surface area contributed by atoms with Crippen molar-refractivity contribution in [2.24, 2.45) is 11.8 Å². The number of carbonyl (C=O) groups is 3. The monoisotopic (exact) mass is 367 g/mol. The molecule has 1 heterocycles. The van der Waals surface area contributed by atoms with Crippen molar-refractivity contribution in [1.82, 2.24) is 4.42 Å². The number of halogens is 1. The fourth-order valence-corrected chi connectivity index (χ4v) is 2.96. The van der Waals surface area contributed by atoms with Gasteiger partial charge in [-0.1, -0.05) is 37.3 Å². The van der Waals surface area contributed by atoms with Crippen molar-refractivity contribution in [3.05, 3.63) is 35.9 Å². The van der Waals surface area contributed by atoms with E-state index < -0.39 is 23.9 Å². The van der Waals surface area contributed by atoms with E-state index >= 15 is 0 Å². The highest BCUT2D eigenvalue weighted by Crippen LogP contribution is 2.25. The molecule has 1 aromatic rings. The van der Waals surface area contributed by atoms with Crippen molar-refractivity contribution in [3.63, 3.8) is 0 Å². The van der Waals surface area contributed by atoms with Crippen LogP contribution in [0.5, 0.6) is 0 Å². The summed E-state index contributed by atoms with van der Waals surface area (Å²) in [5.74, 6) is -1.65. The van der Waals surface area contributed by atoms with Crippen molar-refractivity contribution in [1.29, 1.82) is 0 Å². The van der Waals surface area contributed by atoms with Gasteiger partial charge in [0, 0.05) is 12.1 Å². The molecule has 0 unspecified atom stereocenters. The van der Waals surface area contributed by atoms with Crippen molar-refractivity contribution in [2.45, 2.75) is 26.3 Å². The number of hydrogen-bond acceptors (Lipinski definition) is 6. The van der Waals surface area contributed by atoms with Gasteiger partial charge in [0.2, 0.25) is 0 Å². The number of carbonyl (C=O) groups excluding carboxylic acids is 3. The molecule has 0 bridgehead atoms. The number of esters is 2. The molecule has 0 amide bonds. The molecule has 1 aromatic carbocycles. The predicted octanol–water partition coefficient (Wildman–Crippen LogP) is 2.46. The molecule has 2 rings (SSSR count). The Morgan fingerprint density at radius 1 is 1.24 bits per heavy atom. The smallest absolute Gasteiger partial charge is 0.324 e. The summed E-state index contributed by atoms with van der Waals surface area (Å²) in [4.78, 5) is 35.8. The number of ketones is 1. The second-order valence-electron chi connectivity index (χ2n) is 6.37. The number of hydrogen-bond donors (Lipinski definition) is 0. The summed E-state index contributed by atoms with van der Waals surface area (Å²) in [5.41, 5.74) is 0.479. The van der Waals surface area contributed by atoms with Crippen LogP contribution in [0.4, 0.5) is 0 Å². The molecule has 1 aliphatic rings. The summed E-state index contributed by atoms with van der Waals surface area (Å²) in [6.45, 7) is 3.77. The molecule has 7 heteroatoms. The first kappa shape index (κ1) is 19.4. The molecule has 1 aliphatic heterocycles. The van der Waals surface area contributed by atoms with E-state index in [-0.39, 0.29) is 19.0 Å². The van der Waals surface area contributed by atoms with Crippen LogP contribution in [-0.2, 0) is 19.1 Å². The van der Waals surface area contributed by atoms with Crippen molar-refractivity contribution >= 4 is 29.5 Å². The first-order valence-corrected chi connectivity index (χ1v) is 8.56. The third-order valence-electron chi connectivity index (χ3n) is 4.04. The molecule has 0 aliphatic carbocycles. The lowest BCUT2D eigenvalue weighted by Crippen LogP contribution is -2.33. The van der Waals surface area contributed by atoms with Gasteiger partial charge in [0.05, 0.1) is 5.92 Å². The van der Waals surface area contributed by atoms with Gasteiger partial charge >= 0.3 is 11.9 Å². The molecule has 0 radical (unpaired) electrons. The zero-order valence-corrected chi connectivity index (χ0v) is 15.1. The molecule has 3 atom stereocenters. The van der Waals surface area contributed by atoms with Crippen molar-refractivity contribution < 1.29 is 23.9 Å². The molecule has 0 saturated carbocycles. The second kappa shape index (κ2) is 8.97. The quantitative estimate of drug-likeness (QED) is 0.419. The number of rotatable bonds is 7. The van der Waals surface area contributed by atoms with E-state index in [1.165, 1.54) is 4.42 Å². The SMILES string of the molecule is C[C@H]1C[C@H](C(=O)OC[C@H](C)C(=O)OCC(=O)c2ccccc2)N(Cl)C1. The maximum atomic E-state index is 12.0. The molecular formula is C18H22ClNO5. The Hall–Kier alpha value is -1.92. The topological polar surface area (TPSA) is 72.9 Å². The van der Waals surface area contributed by atoms with Gasteiger partial charge in [-0.25, -0.2) is 4.42 Å². The van der Waals surface area contributed by atoms with Gasteiger partial charge in [-0.3, -0.25) is 14.4 Å². The van der Waals surface area contributed by atoms with Gasteiger partial charge in [-0.05, 0) is 31.0 Å². The van der Waals surface area contributed by atoms with Crippen LogP contribution < -0.4 is 0 Å². The molecule has 0 spiro atoms. The number of ether oxygens (including phenoxy) is 2. The van der Waals surface area contributed by atoms with Gasteiger partial charge in [0.1, 0.15) is 12.6 Å². The normalized spacial score (nSPS) is 21.6. The van der Waals surface area contributed by atoms with Crippen LogP contribution >= 0.6 is 11.8 Å². The first-order valence-electron chi connectivity index (χ1n) is 8.22. The molecule has 1 fully saturated rings. The molecule has 25 heavy (non-hydrogen) atoms. The maximum Gasteiger partial charge on any atom is 0.324 e. The second-order valence-corrected chi connectivity index (χ2v) is 6.80. The fourth-order valence-electron chi connectivity index (χ4n) is 2.56. The largest absolute Gasteiger partial charge is 0.464 e. The standard InChI is InChI=1S/C18H22ClNO5/c1-12-8-15(20(19)9-12)18(23)24-10-13(2)17(22)25-11-16(21)14-6-4-3-5-7-14/h3-7,12-13,15H,8-11H2,1-2H3/t12-,13-,15+/m0/s1. The Morgan fingerprint density at radius 2 is 1.92 bits per heavy atom. The highest BCUT2D eigenvalue weighted by atomic mass is 35.5. The molecule has 1 saturated heterocycles. The summed E-state index contributed by atoms with van der Waals surface area (Å²) in [7, 11) is 0. The Morgan fingerprint density at radius 3 is 2.52 bits per heavy atom. The average Bonchev–Trinajstić information content (AvgIpc) is 2.96. The summed E-state index contributed by atoms with van der Waals surface area (Å²) >= 11 is 5.99. The number of nitrogens with zero attached hydrogens (tertiary/aromatic N) is 1. The maximum absolute atomic E-state index is 12.0. The van der Waals surface area contributed by atoms with Gasteiger partial charge in [0.15, 0.2) is 12.4 Å². The lowest BCUT2D eigenvalue weighted by atomic mass is 10.1. The van der Waals surface area contributed by atoms with E-state index in [1.807, 2.05) is 6.92 Å². The number of benzene rings is 1. The number of Topliss-reactive ketones (excluding diaryl/α,β-unsaturated/α-hetero) is 1. The summed E-state index contributed by atoms with van der Waals surface area (Å²) in [5, 5.41) is 0. The minimum atomic E-state index is -0.657. The van der Waals surface area contributed by atoms with E-state index in [2.05, 4.69) is 0 Å². The minimum absolute atomic E-state index is 0.104. The summed E-state index contributed by atoms with van der Waals surface area (Å²) in [6, 6.07) is 8.10. The van der Waals surface area contributed by atoms with E-state index in [0.717, 1.165) is 0 Å². The predicted molar refractivity (Wildman–Crippen MR) is 92.0 cm³/mol. The van der Waals surface area contributed by atoms with Crippen LogP contribution in [0.25, 0.3) is 0 Å².